The Labute approximate surface area is 127 Å². The zero-order chi connectivity index (χ0) is 15.5. The Bertz CT molecular complexity index is 627. The first-order valence-electron chi connectivity index (χ1n) is 6.57. The van der Waals surface area contributed by atoms with Crippen molar-refractivity contribution in [3.05, 3.63) is 33.3 Å². The van der Waals surface area contributed by atoms with Crippen molar-refractivity contribution in [2.24, 2.45) is 0 Å². The molecule has 1 heterocycles. The lowest BCUT2D eigenvalue weighted by molar-refractivity contribution is -0.384. The summed E-state index contributed by atoms with van der Waals surface area (Å²) in [6.07, 6.45) is 2.34. The van der Waals surface area contributed by atoms with Gasteiger partial charge in [0.1, 0.15) is 4.90 Å². The van der Waals surface area contributed by atoms with Gasteiger partial charge < -0.3 is 5.32 Å². The summed E-state index contributed by atoms with van der Waals surface area (Å²) in [5.41, 5.74) is -0.238. The first kappa shape index (κ1) is 16.2. The first-order chi connectivity index (χ1) is 9.90. The second-order valence-electron chi connectivity index (χ2n) is 4.87. The number of nitrogens with zero attached hydrogens (tertiary/aromatic N) is 1. The Kier molecular flexibility index (Phi) is 5.15. The number of nitro groups is 1. The van der Waals surface area contributed by atoms with Crippen LogP contribution in [0.2, 0.25) is 5.02 Å². The average Bonchev–Trinajstić information content (AvgIpc) is 2.66. The molecule has 116 valence electrons. The molecule has 1 aliphatic heterocycles. The van der Waals surface area contributed by atoms with E-state index in [4.69, 9.17) is 11.6 Å². The fourth-order valence-corrected chi connectivity index (χ4v) is 4.08. The summed E-state index contributed by atoms with van der Waals surface area (Å²) in [5, 5.41) is 13.7. The van der Waals surface area contributed by atoms with Crippen molar-refractivity contribution in [2.75, 3.05) is 13.1 Å². The van der Waals surface area contributed by atoms with E-state index in [-0.39, 0.29) is 21.6 Å². The van der Waals surface area contributed by atoms with Gasteiger partial charge in [-0.1, -0.05) is 11.6 Å². The zero-order valence-electron chi connectivity index (χ0n) is 11.2. The van der Waals surface area contributed by atoms with Gasteiger partial charge in [0.15, 0.2) is 0 Å². The molecule has 7 nitrogen and oxygen atoms in total. The van der Waals surface area contributed by atoms with Crippen molar-refractivity contribution < 1.29 is 13.3 Å². The Morgan fingerprint density at radius 1 is 1.33 bits per heavy atom. The van der Waals surface area contributed by atoms with E-state index >= 15 is 0 Å². The van der Waals surface area contributed by atoms with Gasteiger partial charge in [0, 0.05) is 18.2 Å². The summed E-state index contributed by atoms with van der Waals surface area (Å²) in [4.78, 5) is 9.89. The molecule has 0 bridgehead atoms. The minimum atomic E-state index is -3.78. The predicted molar refractivity (Wildman–Crippen MR) is 78.9 cm³/mol. The number of sulfonamides is 1. The average molecular weight is 334 g/mol. The highest BCUT2D eigenvalue weighted by Crippen LogP contribution is 2.26. The Hall–Kier alpha value is -1.22. The van der Waals surface area contributed by atoms with E-state index in [1.54, 1.807) is 0 Å². The molecular weight excluding hydrogens is 318 g/mol. The molecule has 21 heavy (non-hydrogen) atoms. The third kappa shape index (κ3) is 4.13. The first-order valence-corrected chi connectivity index (χ1v) is 8.43. The van der Waals surface area contributed by atoms with Crippen LogP contribution in [0.25, 0.3) is 0 Å². The molecule has 9 heteroatoms. The number of rotatable bonds is 4. The molecule has 0 aromatic heterocycles. The van der Waals surface area contributed by atoms with E-state index in [2.05, 4.69) is 10.0 Å². The number of benzene rings is 1. The van der Waals surface area contributed by atoms with Crippen LogP contribution in [0.3, 0.4) is 0 Å². The van der Waals surface area contributed by atoms with Gasteiger partial charge in [-0.3, -0.25) is 10.1 Å². The molecule has 1 fully saturated rings. The van der Waals surface area contributed by atoms with E-state index in [1.165, 1.54) is 0 Å². The molecule has 0 spiro atoms. The summed E-state index contributed by atoms with van der Waals surface area (Å²) in [7, 11) is -3.78. The van der Waals surface area contributed by atoms with E-state index in [0.29, 0.717) is 6.42 Å². The molecule has 1 unspecified atom stereocenters. The van der Waals surface area contributed by atoms with Crippen LogP contribution in [0.4, 0.5) is 5.69 Å². The summed E-state index contributed by atoms with van der Waals surface area (Å²) >= 11 is 5.87. The molecule has 0 radical (unpaired) electrons. The van der Waals surface area contributed by atoms with Crippen LogP contribution < -0.4 is 10.0 Å². The van der Waals surface area contributed by atoms with Crippen LogP contribution in [-0.2, 0) is 10.0 Å². The smallest absolute Gasteiger partial charge is 0.271 e. The number of non-ortho nitro benzene ring substituents is 1. The predicted octanol–water partition coefficient (Wildman–Crippen LogP) is 1.67. The largest absolute Gasteiger partial charge is 0.317 e. The Morgan fingerprint density at radius 2 is 2.10 bits per heavy atom. The van der Waals surface area contributed by atoms with Gasteiger partial charge >= 0.3 is 0 Å². The molecule has 2 rings (SSSR count). The molecular formula is C12H16ClN3O4S. The number of hydrogen-bond donors (Lipinski definition) is 2. The van der Waals surface area contributed by atoms with Crippen LogP contribution in [0.5, 0.6) is 0 Å². The van der Waals surface area contributed by atoms with Crippen LogP contribution in [-0.4, -0.2) is 32.5 Å². The minimum absolute atomic E-state index is 0.132. The topological polar surface area (TPSA) is 101 Å². The van der Waals surface area contributed by atoms with Gasteiger partial charge in [0.2, 0.25) is 10.0 Å². The lowest BCUT2D eigenvalue weighted by Gasteiger charge is -2.16. The lowest BCUT2D eigenvalue weighted by atomic mass is 10.1. The minimum Gasteiger partial charge on any atom is -0.317 e. The van der Waals surface area contributed by atoms with Gasteiger partial charge in [-0.05, 0) is 38.4 Å². The van der Waals surface area contributed by atoms with Gasteiger partial charge in [-0.15, -0.1) is 0 Å². The molecule has 0 aliphatic carbocycles. The number of nitro benzene ring substituents is 1. The van der Waals surface area contributed by atoms with Crippen molar-refractivity contribution in [3.8, 4) is 0 Å². The Balaban J connectivity index is 2.20. The van der Waals surface area contributed by atoms with E-state index in [1.807, 2.05) is 0 Å². The quantitative estimate of drug-likeness (QED) is 0.644. The molecule has 0 amide bonds. The number of hydrogen-bond acceptors (Lipinski definition) is 5. The number of nitrogens with one attached hydrogen (secondary N) is 2. The molecule has 0 saturated carbocycles. The summed E-state index contributed by atoms with van der Waals surface area (Å²) in [5.74, 6) is 0. The van der Waals surface area contributed by atoms with Crippen LogP contribution in [0.15, 0.2) is 23.1 Å². The standard InChI is InChI=1S/C12H16ClN3O4S/c13-11-8-10(16(17)18)3-4-12(11)21(19,20)15-9-2-1-6-14-7-5-9/h3-4,8-9,14-15H,1-2,5-7H2. The number of halogens is 1. The Morgan fingerprint density at radius 3 is 2.76 bits per heavy atom. The molecule has 1 atom stereocenters. The van der Waals surface area contributed by atoms with E-state index in [0.717, 1.165) is 44.1 Å². The third-order valence-electron chi connectivity index (χ3n) is 3.31. The maximum Gasteiger partial charge on any atom is 0.271 e. The van der Waals surface area contributed by atoms with Crippen LogP contribution in [0.1, 0.15) is 19.3 Å². The van der Waals surface area contributed by atoms with Crippen LogP contribution in [0, 0.1) is 10.1 Å². The third-order valence-corrected chi connectivity index (χ3v) is 5.32. The second-order valence-corrected chi connectivity index (χ2v) is 6.96. The SMILES string of the molecule is O=[N+]([O-])c1ccc(S(=O)(=O)NC2CCCNCC2)c(Cl)c1. The van der Waals surface area contributed by atoms with Crippen LogP contribution >= 0.6 is 11.6 Å². The zero-order valence-corrected chi connectivity index (χ0v) is 12.8. The fraction of sp³-hybridized carbons (Fsp3) is 0.500. The lowest BCUT2D eigenvalue weighted by Crippen LogP contribution is -2.35. The summed E-state index contributed by atoms with van der Waals surface area (Å²) < 4.78 is 27.3. The van der Waals surface area contributed by atoms with Gasteiger partial charge in [0.25, 0.3) is 5.69 Å². The monoisotopic (exact) mass is 333 g/mol. The second kappa shape index (κ2) is 6.69. The van der Waals surface area contributed by atoms with Crippen molar-refractivity contribution in [2.45, 2.75) is 30.2 Å². The van der Waals surface area contributed by atoms with Gasteiger partial charge in [-0.2, -0.15) is 0 Å². The van der Waals surface area contributed by atoms with Gasteiger partial charge in [0.05, 0.1) is 9.95 Å². The van der Waals surface area contributed by atoms with E-state index in [9.17, 15) is 18.5 Å². The maximum atomic E-state index is 12.3. The van der Waals surface area contributed by atoms with Crippen molar-refractivity contribution >= 4 is 27.3 Å². The van der Waals surface area contributed by atoms with Gasteiger partial charge in [-0.25, -0.2) is 13.1 Å². The molecule has 1 aromatic carbocycles. The highest BCUT2D eigenvalue weighted by Gasteiger charge is 2.24. The molecule has 1 aromatic rings. The van der Waals surface area contributed by atoms with Crippen molar-refractivity contribution in [3.63, 3.8) is 0 Å². The molecule has 1 saturated heterocycles. The van der Waals surface area contributed by atoms with Crippen molar-refractivity contribution in [1.29, 1.82) is 0 Å². The normalized spacial score (nSPS) is 20.0. The summed E-state index contributed by atoms with van der Waals surface area (Å²) in [6.45, 7) is 1.62. The molecule has 1 aliphatic rings. The van der Waals surface area contributed by atoms with E-state index < -0.39 is 14.9 Å². The highest BCUT2D eigenvalue weighted by molar-refractivity contribution is 7.89. The maximum absolute atomic E-state index is 12.3. The summed E-state index contributed by atoms with van der Waals surface area (Å²) in [6, 6.07) is 3.19. The highest BCUT2D eigenvalue weighted by atomic mass is 35.5. The van der Waals surface area contributed by atoms with Crippen molar-refractivity contribution in [1.82, 2.24) is 10.0 Å². The fourth-order valence-electron chi connectivity index (χ4n) is 2.24. The molecule has 2 N–H and O–H groups in total.